The number of hydrogen-bond acceptors (Lipinski definition) is 3. The van der Waals surface area contributed by atoms with E-state index in [0.717, 1.165) is 112 Å². The molecule has 1 heterocycles. The summed E-state index contributed by atoms with van der Waals surface area (Å²) in [6.45, 7) is 0. The summed E-state index contributed by atoms with van der Waals surface area (Å²) in [6.07, 6.45) is 0. The Kier molecular flexibility index (Phi) is 12.1. The molecule has 0 saturated heterocycles. The number of nitrogens with zero attached hydrogens (tertiary/aromatic N) is 3. The fourth-order valence-electron chi connectivity index (χ4n) is 9.79. The van der Waals surface area contributed by atoms with Crippen LogP contribution in [0.15, 0.2) is 309 Å². The van der Waals surface area contributed by atoms with Gasteiger partial charge in [-0.15, -0.1) is 0 Å². The zero-order valence-corrected chi connectivity index (χ0v) is 40.6. The highest BCUT2D eigenvalue weighted by atomic mass is 15.1. The number of para-hydroxylation sites is 2. The molecule has 0 spiro atoms. The van der Waals surface area contributed by atoms with Gasteiger partial charge in [-0.2, -0.15) is 0 Å². The van der Waals surface area contributed by atoms with Gasteiger partial charge in [-0.05, 0) is 153 Å². The van der Waals surface area contributed by atoms with E-state index >= 15 is 0 Å². The Hall–Kier alpha value is -9.83. The first kappa shape index (κ1) is 43.0. The molecule has 3 nitrogen and oxygen atoms in total. The second-order valence-corrected chi connectivity index (χ2v) is 18.3. The van der Waals surface area contributed by atoms with Gasteiger partial charge in [0.15, 0.2) is 0 Å². The monoisotopic (exact) mass is 949 g/mol. The lowest BCUT2D eigenvalue weighted by Gasteiger charge is -2.26. The first-order valence-corrected chi connectivity index (χ1v) is 25.0. The zero-order chi connectivity index (χ0) is 51.2. The van der Waals surface area contributed by atoms with Crippen molar-refractivity contribution in [2.24, 2.45) is 0 Å². The molecule has 1 aromatic heterocycles. The minimum absolute atomic E-state index is 0.498. The largest absolute Gasteiger partial charge is 0.310 e. The van der Waals surface area contributed by atoms with Gasteiger partial charge < -0.3 is 9.80 Å². The van der Waals surface area contributed by atoms with E-state index in [1.807, 2.05) is 36.4 Å². The third-order valence-electron chi connectivity index (χ3n) is 13.5. The number of pyridine rings is 1. The Bertz CT molecular complexity index is 3720. The van der Waals surface area contributed by atoms with Crippen molar-refractivity contribution in [3.63, 3.8) is 0 Å². The summed E-state index contributed by atoms with van der Waals surface area (Å²) in [5.41, 5.74) is 20.9. The highest BCUT2D eigenvalue weighted by Crippen LogP contribution is 2.41. The van der Waals surface area contributed by atoms with Gasteiger partial charge in [0.1, 0.15) is 0 Å². The summed E-state index contributed by atoms with van der Waals surface area (Å²) >= 11 is 0. The second-order valence-electron chi connectivity index (χ2n) is 18.3. The molecular weight excluding hydrogens is 895 g/mol. The van der Waals surface area contributed by atoms with Gasteiger partial charge in [-0.1, -0.05) is 212 Å². The lowest BCUT2D eigenvalue weighted by atomic mass is 9.96. The maximum Gasteiger partial charge on any atom is 0.0715 e. The minimum Gasteiger partial charge on any atom is -0.310 e. The number of anilines is 6. The molecule has 12 aromatic rings. The molecule has 0 atom stereocenters. The normalized spacial score (nSPS) is 11.4. The van der Waals surface area contributed by atoms with Crippen LogP contribution < -0.4 is 9.80 Å². The van der Waals surface area contributed by atoms with Gasteiger partial charge >= 0.3 is 0 Å². The molecule has 0 aliphatic rings. The molecule has 3 heteroatoms. The third kappa shape index (κ3) is 9.79. The molecule has 0 aliphatic carbocycles. The molecule has 11 aromatic carbocycles. The van der Waals surface area contributed by atoms with E-state index in [1.54, 1.807) is 12.1 Å². The smallest absolute Gasteiger partial charge is 0.0715 e. The Morgan fingerprint density at radius 3 is 0.919 bits per heavy atom. The van der Waals surface area contributed by atoms with Gasteiger partial charge in [-0.3, -0.25) is 0 Å². The summed E-state index contributed by atoms with van der Waals surface area (Å²) in [4.78, 5) is 10.0. The van der Waals surface area contributed by atoms with Crippen LogP contribution in [0.3, 0.4) is 0 Å². The maximum atomic E-state index is 8.16. The van der Waals surface area contributed by atoms with Crippen LogP contribution in [-0.4, -0.2) is 4.98 Å². The van der Waals surface area contributed by atoms with Crippen LogP contribution in [0.4, 0.5) is 34.1 Å². The van der Waals surface area contributed by atoms with Gasteiger partial charge in [0, 0.05) is 45.3 Å². The second kappa shape index (κ2) is 20.9. The van der Waals surface area contributed by atoms with Crippen LogP contribution >= 0.6 is 0 Å². The predicted molar refractivity (Wildman–Crippen MR) is 312 cm³/mol. The molecular formula is C71H51N3. The summed E-state index contributed by atoms with van der Waals surface area (Å²) in [5.74, 6) is 0. The number of hydrogen-bond donors (Lipinski definition) is 0. The fourth-order valence-corrected chi connectivity index (χ4v) is 9.79. The minimum atomic E-state index is 0.498. The molecule has 0 radical (unpaired) electrons. The standard InChI is InChI=1S/C71H51N3/c1-6-20-52(21-7-1)55-38-42-66(43-39-55)73(64-32-12-4-13-33-64)68-36-18-28-59(48-68)57-26-16-30-61(46-57)70-50-63(54-24-10-3-11-25-54)51-71(72-70)62-31-17-27-58(47-62)60-29-19-37-69(49-60)74(65-34-14-5-15-35-65)67-44-40-56(41-45-67)53-22-8-2-9-23-53/h1-51H/i6T,8T. The summed E-state index contributed by atoms with van der Waals surface area (Å²) < 4.78 is 16.3. The zero-order valence-electron chi connectivity index (χ0n) is 42.6. The number of benzene rings is 11. The van der Waals surface area contributed by atoms with E-state index in [4.69, 9.17) is 7.73 Å². The van der Waals surface area contributed by atoms with Crippen molar-refractivity contribution in [3.05, 3.63) is 309 Å². The molecule has 74 heavy (non-hydrogen) atoms. The lowest BCUT2D eigenvalue weighted by molar-refractivity contribution is 1.28. The number of aromatic nitrogens is 1. The van der Waals surface area contributed by atoms with Crippen LogP contribution in [0.1, 0.15) is 2.74 Å². The van der Waals surface area contributed by atoms with Crippen molar-refractivity contribution < 1.29 is 2.74 Å². The van der Waals surface area contributed by atoms with Crippen LogP contribution in [0.25, 0.3) is 78.1 Å². The van der Waals surface area contributed by atoms with Gasteiger partial charge in [-0.25, -0.2) is 4.98 Å². The highest BCUT2D eigenvalue weighted by Gasteiger charge is 2.17. The highest BCUT2D eigenvalue weighted by molar-refractivity contribution is 5.85. The first-order valence-electron chi connectivity index (χ1n) is 26.0. The Labute approximate surface area is 437 Å². The molecule has 0 aliphatic heterocycles. The van der Waals surface area contributed by atoms with Gasteiger partial charge in [0.25, 0.3) is 0 Å². The van der Waals surface area contributed by atoms with E-state index in [2.05, 4.69) is 259 Å². The lowest BCUT2D eigenvalue weighted by Crippen LogP contribution is -2.09. The SMILES string of the molecule is [3H]c1cccc(-c2ccc(N(c3ccccc3)c3cccc(-c4cccc(-c5cc(-c6ccccc6)cc(-c6cccc(-c7cccc(N(c8ccccc8)c8ccc(-c9cccc([3H])c9)cc8)c7)c6)n5)c4)c3)cc2)c1. The maximum absolute atomic E-state index is 8.16. The van der Waals surface area contributed by atoms with Gasteiger partial charge in [0.2, 0.25) is 0 Å². The predicted octanol–water partition coefficient (Wildman–Crippen LogP) is 19.7. The first-order chi connectivity index (χ1) is 37.5. The molecule has 0 amide bonds. The van der Waals surface area contributed by atoms with Crippen molar-refractivity contribution in [1.29, 1.82) is 0 Å². The van der Waals surface area contributed by atoms with Crippen LogP contribution in [0.2, 0.25) is 0 Å². The number of rotatable bonds is 13. The average Bonchev–Trinajstić information content (AvgIpc) is 3.50. The van der Waals surface area contributed by atoms with E-state index in [-0.39, 0.29) is 0 Å². The molecule has 0 saturated carbocycles. The average molecular weight is 950 g/mol. The van der Waals surface area contributed by atoms with Crippen molar-refractivity contribution >= 4 is 34.1 Å². The molecule has 0 unspecified atom stereocenters. The van der Waals surface area contributed by atoms with Crippen LogP contribution in [0.5, 0.6) is 0 Å². The molecule has 0 fully saturated rings. The molecule has 12 rings (SSSR count). The summed E-state index contributed by atoms with van der Waals surface area (Å²) in [7, 11) is 0. The summed E-state index contributed by atoms with van der Waals surface area (Å²) in [6, 6.07) is 104. The Balaban J connectivity index is 0.883. The Morgan fingerprint density at radius 2 is 0.500 bits per heavy atom. The van der Waals surface area contributed by atoms with Crippen LogP contribution in [0, 0.1) is 0 Å². The van der Waals surface area contributed by atoms with E-state index < -0.39 is 0 Å². The summed E-state index contributed by atoms with van der Waals surface area (Å²) in [5, 5.41) is 0. The molecule has 0 N–H and O–H groups in total. The van der Waals surface area contributed by atoms with E-state index in [1.165, 1.54) is 0 Å². The van der Waals surface area contributed by atoms with Crippen LogP contribution in [-0.2, 0) is 0 Å². The van der Waals surface area contributed by atoms with E-state index in [9.17, 15) is 0 Å². The molecule has 0 bridgehead atoms. The third-order valence-corrected chi connectivity index (χ3v) is 13.5. The Morgan fingerprint density at radius 1 is 0.203 bits per heavy atom. The topological polar surface area (TPSA) is 19.4 Å². The van der Waals surface area contributed by atoms with Crippen molar-refractivity contribution in [3.8, 4) is 78.1 Å². The fraction of sp³-hybridized carbons (Fsp3) is 0. The van der Waals surface area contributed by atoms with E-state index in [0.29, 0.717) is 12.1 Å². The van der Waals surface area contributed by atoms with Crippen molar-refractivity contribution in [2.45, 2.75) is 0 Å². The van der Waals surface area contributed by atoms with Crippen molar-refractivity contribution in [1.82, 2.24) is 4.98 Å². The quantitative estimate of drug-likeness (QED) is 0.115. The molecule has 350 valence electrons. The van der Waals surface area contributed by atoms with Gasteiger partial charge in [0.05, 0.1) is 14.1 Å². The van der Waals surface area contributed by atoms with Crippen molar-refractivity contribution in [2.75, 3.05) is 9.80 Å².